The lowest BCUT2D eigenvalue weighted by Gasteiger charge is -2.17. The van der Waals surface area contributed by atoms with Crippen molar-refractivity contribution in [2.24, 2.45) is 5.92 Å². The summed E-state index contributed by atoms with van der Waals surface area (Å²) in [6, 6.07) is 9.90. The summed E-state index contributed by atoms with van der Waals surface area (Å²) in [5.74, 6) is -0.192. The van der Waals surface area contributed by atoms with Gasteiger partial charge < -0.3 is 4.90 Å². The number of hydrogen-bond donors (Lipinski definition) is 0. The summed E-state index contributed by atoms with van der Waals surface area (Å²) >= 11 is 0. The minimum absolute atomic E-state index is 0.0119. The van der Waals surface area contributed by atoms with Gasteiger partial charge in [0, 0.05) is 30.7 Å². The molecule has 1 fully saturated rings. The molecular formula is C14H11N3O. The zero-order valence-corrected chi connectivity index (χ0v) is 9.71. The van der Waals surface area contributed by atoms with Gasteiger partial charge >= 0.3 is 0 Å². The second-order valence-corrected chi connectivity index (χ2v) is 4.41. The molecule has 4 nitrogen and oxygen atoms in total. The standard InChI is InChI=1S/C14H11N3O/c15-7-10-6-14(18)17(9-10)13-3-1-2-11-4-5-16-8-12(11)13/h1-5,8,10H,6,9H2. The number of anilines is 1. The quantitative estimate of drug-likeness (QED) is 0.763. The van der Waals surface area contributed by atoms with Crippen molar-refractivity contribution < 1.29 is 4.79 Å². The Hall–Kier alpha value is -2.41. The highest BCUT2D eigenvalue weighted by Gasteiger charge is 2.31. The van der Waals surface area contributed by atoms with E-state index in [0.717, 1.165) is 16.5 Å². The Labute approximate surface area is 104 Å². The van der Waals surface area contributed by atoms with Gasteiger partial charge in [-0.1, -0.05) is 12.1 Å². The Morgan fingerprint density at radius 1 is 1.39 bits per heavy atom. The maximum absolute atomic E-state index is 11.9. The summed E-state index contributed by atoms with van der Waals surface area (Å²) in [5.41, 5.74) is 0.850. The van der Waals surface area contributed by atoms with Crippen molar-refractivity contribution in [2.75, 3.05) is 11.4 Å². The highest BCUT2D eigenvalue weighted by atomic mass is 16.2. The summed E-state index contributed by atoms with van der Waals surface area (Å²) in [6.45, 7) is 0.476. The molecule has 1 saturated heterocycles. The van der Waals surface area contributed by atoms with E-state index in [4.69, 9.17) is 5.26 Å². The number of fused-ring (bicyclic) bond motifs is 1. The highest BCUT2D eigenvalue weighted by molar-refractivity contribution is 6.04. The van der Waals surface area contributed by atoms with Crippen molar-refractivity contribution in [3.8, 4) is 6.07 Å². The molecule has 0 aliphatic carbocycles. The number of carbonyl (C=O) groups is 1. The first kappa shape index (κ1) is 10.7. The van der Waals surface area contributed by atoms with Crippen molar-refractivity contribution in [1.29, 1.82) is 5.26 Å². The van der Waals surface area contributed by atoms with Crippen LogP contribution < -0.4 is 4.90 Å². The molecule has 18 heavy (non-hydrogen) atoms. The number of amides is 1. The SMILES string of the molecule is N#CC1CC(=O)N(c2cccc3ccncc23)C1. The largest absolute Gasteiger partial charge is 0.310 e. The lowest BCUT2D eigenvalue weighted by atomic mass is 10.1. The first-order chi connectivity index (χ1) is 8.79. The predicted molar refractivity (Wildman–Crippen MR) is 67.8 cm³/mol. The third-order valence-corrected chi connectivity index (χ3v) is 3.26. The van der Waals surface area contributed by atoms with Crippen LogP contribution in [-0.2, 0) is 4.79 Å². The normalized spacial score (nSPS) is 19.2. The number of aromatic nitrogens is 1. The van der Waals surface area contributed by atoms with Crippen LogP contribution in [0.3, 0.4) is 0 Å². The van der Waals surface area contributed by atoms with Crippen molar-refractivity contribution in [3.05, 3.63) is 36.7 Å². The molecule has 2 heterocycles. The topological polar surface area (TPSA) is 57.0 Å². The Morgan fingerprint density at radius 2 is 2.28 bits per heavy atom. The average Bonchev–Trinajstić information content (AvgIpc) is 2.79. The molecule has 4 heteroatoms. The summed E-state index contributed by atoms with van der Waals surface area (Å²) < 4.78 is 0. The van der Waals surface area contributed by atoms with E-state index in [2.05, 4.69) is 11.1 Å². The smallest absolute Gasteiger partial charge is 0.228 e. The molecule has 0 radical (unpaired) electrons. The third kappa shape index (κ3) is 1.61. The van der Waals surface area contributed by atoms with Crippen molar-refractivity contribution in [2.45, 2.75) is 6.42 Å². The molecule has 1 unspecified atom stereocenters. The van der Waals surface area contributed by atoms with Gasteiger partial charge in [-0.25, -0.2) is 0 Å². The first-order valence-corrected chi connectivity index (χ1v) is 5.82. The van der Waals surface area contributed by atoms with E-state index < -0.39 is 0 Å². The Bertz CT molecular complexity index is 654. The van der Waals surface area contributed by atoms with Gasteiger partial charge in [-0.2, -0.15) is 5.26 Å². The van der Waals surface area contributed by atoms with Crippen LogP contribution >= 0.6 is 0 Å². The van der Waals surface area contributed by atoms with Gasteiger partial charge in [-0.3, -0.25) is 9.78 Å². The van der Waals surface area contributed by atoms with Gasteiger partial charge in [0.25, 0.3) is 0 Å². The van der Waals surface area contributed by atoms with Gasteiger partial charge in [-0.15, -0.1) is 0 Å². The molecule has 0 spiro atoms. The van der Waals surface area contributed by atoms with E-state index in [-0.39, 0.29) is 11.8 Å². The van der Waals surface area contributed by atoms with Crippen LogP contribution in [0, 0.1) is 17.2 Å². The molecule has 2 aromatic rings. The summed E-state index contributed by atoms with van der Waals surface area (Å²) in [5, 5.41) is 10.9. The van der Waals surface area contributed by atoms with E-state index in [1.54, 1.807) is 17.3 Å². The second-order valence-electron chi connectivity index (χ2n) is 4.41. The molecule has 88 valence electrons. The molecule has 3 rings (SSSR count). The van der Waals surface area contributed by atoms with E-state index in [1.165, 1.54) is 0 Å². The summed E-state index contributed by atoms with van der Waals surface area (Å²) in [4.78, 5) is 17.7. The molecule has 1 aromatic heterocycles. The van der Waals surface area contributed by atoms with E-state index >= 15 is 0 Å². The van der Waals surface area contributed by atoms with Gasteiger partial charge in [-0.05, 0) is 17.5 Å². The highest BCUT2D eigenvalue weighted by Crippen LogP contribution is 2.30. The van der Waals surface area contributed by atoms with Crippen molar-refractivity contribution >= 4 is 22.4 Å². The fourth-order valence-electron chi connectivity index (χ4n) is 2.36. The number of hydrogen-bond acceptors (Lipinski definition) is 3. The fourth-order valence-corrected chi connectivity index (χ4v) is 2.36. The molecular weight excluding hydrogens is 226 g/mol. The average molecular weight is 237 g/mol. The maximum Gasteiger partial charge on any atom is 0.228 e. The Kier molecular flexibility index (Phi) is 2.45. The van der Waals surface area contributed by atoms with E-state index in [0.29, 0.717) is 13.0 Å². The van der Waals surface area contributed by atoms with Gasteiger partial charge in [0.15, 0.2) is 0 Å². The number of pyridine rings is 1. The van der Waals surface area contributed by atoms with E-state index in [1.807, 2.05) is 24.3 Å². The molecule has 1 atom stereocenters. The first-order valence-electron chi connectivity index (χ1n) is 5.82. The van der Waals surface area contributed by atoms with E-state index in [9.17, 15) is 4.79 Å². The molecule has 0 N–H and O–H groups in total. The van der Waals surface area contributed by atoms with Crippen LogP contribution in [0.5, 0.6) is 0 Å². The minimum atomic E-state index is -0.204. The number of rotatable bonds is 1. The number of nitriles is 1. The van der Waals surface area contributed by atoms with Crippen LogP contribution in [0.15, 0.2) is 36.7 Å². The maximum atomic E-state index is 11.9. The third-order valence-electron chi connectivity index (χ3n) is 3.26. The zero-order valence-electron chi connectivity index (χ0n) is 9.71. The molecule has 1 aromatic carbocycles. The van der Waals surface area contributed by atoms with Crippen LogP contribution in [0.1, 0.15) is 6.42 Å². The van der Waals surface area contributed by atoms with Crippen molar-refractivity contribution in [1.82, 2.24) is 4.98 Å². The molecule has 0 saturated carbocycles. The van der Waals surface area contributed by atoms with Crippen LogP contribution in [-0.4, -0.2) is 17.4 Å². The van der Waals surface area contributed by atoms with Crippen LogP contribution in [0.4, 0.5) is 5.69 Å². The lowest BCUT2D eigenvalue weighted by Crippen LogP contribution is -2.24. The predicted octanol–water partition coefficient (Wildman–Crippen LogP) is 2.11. The summed E-state index contributed by atoms with van der Waals surface area (Å²) in [6.07, 6.45) is 3.81. The van der Waals surface area contributed by atoms with Crippen LogP contribution in [0.25, 0.3) is 10.8 Å². The second kappa shape index (κ2) is 4.11. The molecule has 1 amide bonds. The fraction of sp³-hybridized carbons (Fsp3) is 0.214. The van der Waals surface area contributed by atoms with Gasteiger partial charge in [0.05, 0.1) is 17.7 Å². The summed E-state index contributed by atoms with van der Waals surface area (Å²) in [7, 11) is 0. The monoisotopic (exact) mass is 237 g/mol. The Balaban J connectivity index is 2.10. The lowest BCUT2D eigenvalue weighted by molar-refractivity contribution is -0.117. The number of benzene rings is 1. The minimum Gasteiger partial charge on any atom is -0.310 e. The van der Waals surface area contributed by atoms with Crippen molar-refractivity contribution in [3.63, 3.8) is 0 Å². The number of carbonyl (C=O) groups excluding carboxylic acids is 1. The Morgan fingerprint density at radius 3 is 3.06 bits per heavy atom. The van der Waals surface area contributed by atoms with Crippen LogP contribution in [0.2, 0.25) is 0 Å². The zero-order chi connectivity index (χ0) is 12.5. The van der Waals surface area contributed by atoms with Gasteiger partial charge in [0.2, 0.25) is 5.91 Å². The van der Waals surface area contributed by atoms with Gasteiger partial charge in [0.1, 0.15) is 0 Å². The number of nitrogens with zero attached hydrogens (tertiary/aromatic N) is 3. The molecule has 1 aliphatic heterocycles. The molecule has 0 bridgehead atoms. The molecule has 1 aliphatic rings.